The molecule has 5 heteroatoms. The quantitative estimate of drug-likeness (QED) is 0.135. The lowest BCUT2D eigenvalue weighted by atomic mass is 9.32. The Kier molecular flexibility index (Phi) is 7.67. The van der Waals surface area contributed by atoms with Gasteiger partial charge < -0.3 is 20.1 Å². The van der Waals surface area contributed by atoms with Gasteiger partial charge in [0.1, 0.15) is 6.10 Å². The number of phenolic OH excluding ortho intramolecular Hbond substituents is 2. The summed E-state index contributed by atoms with van der Waals surface area (Å²) in [6, 6.07) is 4.51. The lowest BCUT2D eigenvalue weighted by Gasteiger charge is -2.73. The lowest BCUT2D eigenvalue weighted by molar-refractivity contribution is -0.251. The Balaban J connectivity index is 1.22. The predicted molar refractivity (Wildman–Crippen MR) is 175 cm³/mol. The van der Waals surface area contributed by atoms with Gasteiger partial charge in [-0.05, 0) is 146 Å². The van der Waals surface area contributed by atoms with Gasteiger partial charge in [-0.2, -0.15) is 0 Å². The number of esters is 1. The summed E-state index contributed by atoms with van der Waals surface area (Å²) in [5.41, 5.74) is 2.61. The van der Waals surface area contributed by atoms with E-state index in [0.29, 0.717) is 41.8 Å². The van der Waals surface area contributed by atoms with Crippen LogP contribution >= 0.6 is 0 Å². The van der Waals surface area contributed by atoms with E-state index in [0.717, 1.165) is 32.1 Å². The molecule has 0 saturated heterocycles. The molecule has 0 aromatic heterocycles. The SMILES string of the molecule is C=C(C)[C@@H]1CC[C@]2(CO)CC[C@]3(C)[C@H](CC[C@@H]4[C@@]5(C)CC[C@H](OC(=O)/C=C/c6ccc(O)c(O)c6)C(C)(C)[C@@H]5CC[C@]43C)[C@@H]12. The molecule has 0 heterocycles. The summed E-state index contributed by atoms with van der Waals surface area (Å²) >= 11 is 0. The van der Waals surface area contributed by atoms with Gasteiger partial charge in [0, 0.05) is 18.1 Å². The van der Waals surface area contributed by atoms with E-state index < -0.39 is 0 Å². The van der Waals surface area contributed by atoms with E-state index in [1.54, 1.807) is 12.1 Å². The molecule has 0 aliphatic heterocycles. The van der Waals surface area contributed by atoms with Crippen LogP contribution in [0, 0.1) is 56.7 Å². The minimum Gasteiger partial charge on any atom is -0.504 e. The highest BCUT2D eigenvalue weighted by Crippen LogP contribution is 2.77. The van der Waals surface area contributed by atoms with E-state index in [2.05, 4.69) is 48.1 Å². The van der Waals surface area contributed by atoms with Gasteiger partial charge >= 0.3 is 5.97 Å². The first-order valence-electron chi connectivity index (χ1n) is 17.3. The van der Waals surface area contributed by atoms with Crippen molar-refractivity contribution in [2.75, 3.05) is 6.61 Å². The normalized spacial score (nSPS) is 44.2. The van der Waals surface area contributed by atoms with Gasteiger partial charge in [-0.3, -0.25) is 0 Å². The summed E-state index contributed by atoms with van der Waals surface area (Å²) in [6.07, 6.45) is 14.5. The van der Waals surface area contributed by atoms with Gasteiger partial charge in [0.15, 0.2) is 11.5 Å². The molecule has 5 aliphatic carbocycles. The predicted octanol–water partition coefficient (Wildman–Crippen LogP) is 8.67. The molecule has 0 amide bonds. The fourth-order valence-electron chi connectivity index (χ4n) is 12.7. The molecule has 0 spiro atoms. The Bertz CT molecular complexity index is 1350. The first-order valence-corrected chi connectivity index (χ1v) is 17.3. The second-order valence-corrected chi connectivity index (χ2v) is 17.1. The number of allylic oxidation sites excluding steroid dienone is 1. The minimum absolute atomic E-state index is 0.0825. The second-order valence-electron chi connectivity index (χ2n) is 17.1. The highest BCUT2D eigenvalue weighted by Gasteiger charge is 2.71. The minimum atomic E-state index is -0.355. The van der Waals surface area contributed by atoms with Crippen LogP contribution in [-0.4, -0.2) is 34.0 Å². The number of aliphatic hydroxyl groups excluding tert-OH is 1. The number of benzene rings is 1. The van der Waals surface area contributed by atoms with Gasteiger partial charge in [0.2, 0.25) is 0 Å². The second kappa shape index (κ2) is 10.6. The lowest BCUT2D eigenvalue weighted by Crippen LogP contribution is -2.67. The molecule has 1 aromatic rings. The maximum absolute atomic E-state index is 13.0. The summed E-state index contributed by atoms with van der Waals surface area (Å²) < 4.78 is 6.18. The molecular weight excluding hydrogens is 548 g/mol. The van der Waals surface area contributed by atoms with E-state index in [9.17, 15) is 20.1 Å². The van der Waals surface area contributed by atoms with Gasteiger partial charge in [-0.1, -0.05) is 52.8 Å². The maximum atomic E-state index is 13.0. The first kappa shape index (κ1) is 31.7. The third-order valence-corrected chi connectivity index (χ3v) is 15.2. The number of ether oxygens (including phenoxy) is 1. The fourth-order valence-corrected chi connectivity index (χ4v) is 12.7. The van der Waals surface area contributed by atoms with Crippen LogP contribution < -0.4 is 0 Å². The summed E-state index contributed by atoms with van der Waals surface area (Å²) in [5.74, 6) is 2.10. The highest BCUT2D eigenvalue weighted by molar-refractivity contribution is 5.87. The molecule has 5 saturated carbocycles. The zero-order chi connectivity index (χ0) is 31.9. The summed E-state index contributed by atoms with van der Waals surface area (Å²) in [5, 5.41) is 30.2. The largest absolute Gasteiger partial charge is 0.504 e. The van der Waals surface area contributed by atoms with Gasteiger partial charge in [0.05, 0.1) is 0 Å². The van der Waals surface area contributed by atoms with Crippen LogP contribution in [0.5, 0.6) is 11.5 Å². The number of aromatic hydroxyl groups is 2. The van der Waals surface area contributed by atoms with Gasteiger partial charge in [-0.25, -0.2) is 4.79 Å². The molecule has 242 valence electrons. The fraction of sp³-hybridized carbons (Fsp3) is 0.718. The van der Waals surface area contributed by atoms with E-state index in [1.807, 2.05) is 0 Å². The molecule has 0 unspecified atom stereocenters. The molecule has 0 bridgehead atoms. The highest BCUT2D eigenvalue weighted by atomic mass is 16.5. The van der Waals surface area contributed by atoms with Crippen LogP contribution in [0.3, 0.4) is 0 Å². The molecule has 1 aromatic carbocycles. The molecule has 0 radical (unpaired) electrons. The van der Waals surface area contributed by atoms with Gasteiger partial charge in [0.25, 0.3) is 0 Å². The molecule has 5 aliphatic rings. The van der Waals surface area contributed by atoms with Crippen molar-refractivity contribution in [2.24, 2.45) is 56.7 Å². The molecule has 6 rings (SSSR count). The van der Waals surface area contributed by atoms with Crippen LogP contribution in [0.2, 0.25) is 0 Å². The van der Waals surface area contributed by atoms with Crippen molar-refractivity contribution in [1.82, 2.24) is 0 Å². The Morgan fingerprint density at radius 3 is 2.34 bits per heavy atom. The number of carbonyl (C=O) groups excluding carboxylic acids is 1. The van der Waals surface area contributed by atoms with Crippen molar-refractivity contribution < 1.29 is 24.9 Å². The number of aliphatic hydroxyl groups is 1. The number of rotatable bonds is 5. The molecule has 5 nitrogen and oxygen atoms in total. The van der Waals surface area contributed by atoms with Crippen molar-refractivity contribution in [3.63, 3.8) is 0 Å². The number of phenols is 2. The molecular formula is C39H56O5. The van der Waals surface area contributed by atoms with Crippen LogP contribution in [0.1, 0.15) is 111 Å². The smallest absolute Gasteiger partial charge is 0.331 e. The Labute approximate surface area is 265 Å². The van der Waals surface area contributed by atoms with Crippen molar-refractivity contribution in [2.45, 2.75) is 112 Å². The van der Waals surface area contributed by atoms with E-state index in [-0.39, 0.29) is 50.6 Å². The monoisotopic (exact) mass is 604 g/mol. The Hall–Kier alpha value is -2.27. The molecule has 44 heavy (non-hydrogen) atoms. The van der Waals surface area contributed by atoms with Crippen LogP contribution in [0.15, 0.2) is 36.4 Å². The molecule has 5 fully saturated rings. The zero-order valence-electron chi connectivity index (χ0n) is 28.0. The van der Waals surface area contributed by atoms with E-state index >= 15 is 0 Å². The van der Waals surface area contributed by atoms with Crippen molar-refractivity contribution in [3.8, 4) is 11.5 Å². The topological polar surface area (TPSA) is 87.0 Å². The van der Waals surface area contributed by atoms with Crippen LogP contribution in [0.25, 0.3) is 6.08 Å². The number of carbonyl (C=O) groups is 1. The number of fused-ring (bicyclic) bond motifs is 7. The van der Waals surface area contributed by atoms with Gasteiger partial charge in [-0.15, -0.1) is 0 Å². The summed E-state index contributed by atoms with van der Waals surface area (Å²) in [4.78, 5) is 13.0. The third kappa shape index (κ3) is 4.45. The number of hydrogen-bond donors (Lipinski definition) is 3. The first-order chi connectivity index (χ1) is 20.6. The maximum Gasteiger partial charge on any atom is 0.331 e. The van der Waals surface area contributed by atoms with Crippen LogP contribution in [-0.2, 0) is 9.53 Å². The molecule has 10 atom stereocenters. The Morgan fingerprint density at radius 2 is 1.66 bits per heavy atom. The average Bonchev–Trinajstić information content (AvgIpc) is 3.36. The van der Waals surface area contributed by atoms with E-state index in [1.165, 1.54) is 55.9 Å². The Morgan fingerprint density at radius 1 is 0.909 bits per heavy atom. The van der Waals surface area contributed by atoms with Crippen LogP contribution in [0.4, 0.5) is 0 Å². The standard InChI is InChI=1S/C39H56O5/c1-24(2)26-14-19-39(23-40)21-20-37(6)27(34(26)39)10-12-31-36(5)17-16-32(35(3,4)30(36)15-18-38(31,37)7)44-33(43)13-9-25-8-11-28(41)29(42)22-25/h8-9,11,13,22,26-27,30-32,34,40-42H,1,10,12,14-21,23H2,2-7H3/b13-9+/t26-,27+,30-,31+,32-,34+,36-,37+,38+,39+/m0/s1. The summed E-state index contributed by atoms with van der Waals surface area (Å²) in [6.45, 7) is 19.5. The van der Waals surface area contributed by atoms with Crippen molar-refractivity contribution >= 4 is 12.0 Å². The average molecular weight is 605 g/mol. The molecule has 3 N–H and O–H groups in total. The zero-order valence-corrected chi connectivity index (χ0v) is 28.0. The van der Waals surface area contributed by atoms with Crippen molar-refractivity contribution in [3.05, 3.63) is 42.0 Å². The third-order valence-electron chi connectivity index (χ3n) is 15.2. The van der Waals surface area contributed by atoms with Crippen molar-refractivity contribution in [1.29, 1.82) is 0 Å². The number of hydrogen-bond acceptors (Lipinski definition) is 5. The van der Waals surface area contributed by atoms with E-state index in [4.69, 9.17) is 4.74 Å². The summed E-state index contributed by atoms with van der Waals surface area (Å²) in [7, 11) is 0.